The lowest BCUT2D eigenvalue weighted by atomic mass is 10.0. The maximum Gasteiger partial charge on any atom is 0.294 e. The zero-order chi connectivity index (χ0) is 30.0. The Morgan fingerprint density at radius 2 is 2.00 bits per heavy atom. The van der Waals surface area contributed by atoms with Gasteiger partial charge in [0.15, 0.2) is 0 Å². The molecule has 0 atom stereocenters. The molecule has 218 valence electrons. The number of nitrogens with one attached hydrogen (secondary N) is 1. The van der Waals surface area contributed by atoms with Crippen LogP contribution in [-0.2, 0) is 19.4 Å². The van der Waals surface area contributed by atoms with Crippen LogP contribution < -0.4 is 10.2 Å². The van der Waals surface area contributed by atoms with Gasteiger partial charge in [-0.05, 0) is 50.6 Å². The number of rotatable bonds is 9. The molecule has 2 aromatic heterocycles. The number of hydrogen-bond acceptors (Lipinski definition) is 7. The first-order valence-corrected chi connectivity index (χ1v) is 14.6. The van der Waals surface area contributed by atoms with Crippen molar-refractivity contribution in [3.8, 4) is 23.1 Å². The number of hydrogen-bond donors (Lipinski definition) is 1. The molecule has 1 aliphatic heterocycles. The van der Waals surface area contributed by atoms with Crippen LogP contribution in [0.25, 0.3) is 22.2 Å². The van der Waals surface area contributed by atoms with Crippen LogP contribution in [-0.4, -0.2) is 58.6 Å². The molecule has 42 heavy (non-hydrogen) atoms. The molecule has 1 aliphatic rings. The fraction of sp³-hybridized carbons (Fsp3) is 0.394. The number of aryl methyl sites for hydroxylation is 3. The molecule has 0 saturated heterocycles. The first kappa shape index (κ1) is 29.1. The van der Waals surface area contributed by atoms with E-state index in [9.17, 15) is 10.1 Å². The minimum atomic E-state index is -0.323. The fourth-order valence-electron chi connectivity index (χ4n) is 5.48. The van der Waals surface area contributed by atoms with Crippen molar-refractivity contribution in [2.75, 3.05) is 44.4 Å². The fourth-order valence-corrected chi connectivity index (χ4v) is 5.48. The Morgan fingerprint density at radius 1 is 1.19 bits per heavy atom. The quantitative estimate of drug-likeness (QED) is 0.145. The smallest absolute Gasteiger partial charge is 0.294 e. The summed E-state index contributed by atoms with van der Waals surface area (Å²) in [7, 11) is 5.87. The molecular formula is C33H39N7O2. The second-order valence-electron chi connectivity index (χ2n) is 11.5. The summed E-state index contributed by atoms with van der Waals surface area (Å²) in [5, 5.41) is 16.6. The third-order valence-electron chi connectivity index (χ3n) is 7.68. The lowest BCUT2D eigenvalue weighted by molar-refractivity contribution is -0.384. The van der Waals surface area contributed by atoms with E-state index in [1.165, 1.54) is 11.1 Å². The largest absolute Gasteiger partial charge is 0.368 e. The molecule has 0 spiro atoms. The number of anilines is 3. The zero-order valence-electron chi connectivity index (χ0n) is 25.4. The summed E-state index contributed by atoms with van der Waals surface area (Å²) in [6.45, 7) is 8.59. The number of benzene rings is 2. The minimum Gasteiger partial charge on any atom is -0.368 e. The Bertz CT molecular complexity index is 1690. The number of likely N-dealkylation sites (N-methyl/N-ethyl adjacent to an activating group) is 2. The molecule has 2 aromatic carbocycles. The summed E-state index contributed by atoms with van der Waals surface area (Å²) in [5.41, 5.74) is 7.37. The van der Waals surface area contributed by atoms with Crippen LogP contribution in [0.3, 0.4) is 0 Å². The van der Waals surface area contributed by atoms with Crippen molar-refractivity contribution < 1.29 is 4.92 Å². The Balaban J connectivity index is 1.59. The lowest BCUT2D eigenvalue weighted by Crippen LogP contribution is -2.29. The van der Waals surface area contributed by atoms with E-state index in [0.717, 1.165) is 53.7 Å². The lowest BCUT2D eigenvalue weighted by Gasteiger charge is -2.23. The van der Waals surface area contributed by atoms with Crippen molar-refractivity contribution in [1.29, 1.82) is 0 Å². The highest BCUT2D eigenvalue weighted by molar-refractivity contribution is 5.98. The predicted octanol–water partition coefficient (Wildman–Crippen LogP) is 6.26. The Morgan fingerprint density at radius 3 is 2.71 bits per heavy atom. The van der Waals surface area contributed by atoms with Crippen molar-refractivity contribution in [2.24, 2.45) is 5.92 Å². The topological polar surface area (TPSA) is 92.4 Å². The van der Waals surface area contributed by atoms with Gasteiger partial charge < -0.3 is 19.7 Å². The summed E-state index contributed by atoms with van der Waals surface area (Å²) < 4.78 is 2.32. The van der Waals surface area contributed by atoms with Gasteiger partial charge >= 0.3 is 0 Å². The Labute approximate surface area is 247 Å². The van der Waals surface area contributed by atoms with E-state index in [1.807, 2.05) is 39.0 Å². The average Bonchev–Trinajstić information content (AvgIpc) is 3.35. The number of aromatic nitrogens is 3. The normalized spacial score (nSPS) is 12.5. The molecule has 0 unspecified atom stereocenters. The zero-order valence-corrected chi connectivity index (χ0v) is 25.4. The van der Waals surface area contributed by atoms with Crippen LogP contribution in [0.2, 0.25) is 0 Å². The highest BCUT2D eigenvalue weighted by atomic mass is 16.6. The van der Waals surface area contributed by atoms with Crippen molar-refractivity contribution in [3.05, 3.63) is 69.5 Å². The summed E-state index contributed by atoms with van der Waals surface area (Å²) >= 11 is 0. The second-order valence-corrected chi connectivity index (χ2v) is 11.5. The number of nitrogens with zero attached hydrogens (tertiary/aromatic N) is 6. The van der Waals surface area contributed by atoms with E-state index in [-0.39, 0.29) is 16.5 Å². The molecule has 0 bridgehead atoms. The molecule has 0 fully saturated rings. The van der Waals surface area contributed by atoms with Gasteiger partial charge in [0.25, 0.3) is 5.69 Å². The third-order valence-corrected chi connectivity index (χ3v) is 7.68. The molecule has 3 heterocycles. The maximum atomic E-state index is 12.2. The van der Waals surface area contributed by atoms with E-state index in [4.69, 9.17) is 4.98 Å². The predicted molar refractivity (Wildman–Crippen MR) is 171 cm³/mol. The van der Waals surface area contributed by atoms with E-state index in [0.29, 0.717) is 30.3 Å². The second kappa shape index (κ2) is 12.2. The highest BCUT2D eigenvalue weighted by Gasteiger charge is 2.23. The van der Waals surface area contributed by atoms with E-state index >= 15 is 0 Å². The summed E-state index contributed by atoms with van der Waals surface area (Å²) in [6, 6.07) is 9.98. The third kappa shape index (κ3) is 5.95. The van der Waals surface area contributed by atoms with Crippen LogP contribution in [0, 0.1) is 27.9 Å². The first-order chi connectivity index (χ1) is 20.2. The summed E-state index contributed by atoms with van der Waals surface area (Å²) in [6.07, 6.45) is 6.80. The van der Waals surface area contributed by atoms with Crippen LogP contribution in [0.1, 0.15) is 43.9 Å². The van der Waals surface area contributed by atoms with Gasteiger partial charge in [0, 0.05) is 62.0 Å². The SMILES string of the molecule is CCc1cc(N(C)CCN(C)C)c([N+](=O)[O-])cc1Nc1ncc(C#CC(C)C)c(-c2cn3c4c(cccc24)CCC3)n1. The molecule has 9 nitrogen and oxygen atoms in total. The van der Waals surface area contributed by atoms with Gasteiger partial charge in [0.1, 0.15) is 5.69 Å². The van der Waals surface area contributed by atoms with Crippen LogP contribution >= 0.6 is 0 Å². The number of nitro groups is 1. The first-order valence-electron chi connectivity index (χ1n) is 14.6. The van der Waals surface area contributed by atoms with E-state index in [2.05, 4.69) is 69.9 Å². The number of nitro benzene ring substituents is 1. The van der Waals surface area contributed by atoms with Crippen molar-refractivity contribution in [3.63, 3.8) is 0 Å². The standard InChI is InChI=1S/C33H39N7O2/c1-7-23-18-29(38(6)17-16-37(4)5)30(40(41)42)19-28(23)35-33-34-20-25(14-13-22(2)3)31(36-33)27-21-39-15-9-11-24-10-8-12-26(27)32(24)39/h8,10,12,18-22H,7,9,11,15-17H2,1-6H3,(H,34,35,36). The van der Waals surface area contributed by atoms with Gasteiger partial charge in [-0.2, -0.15) is 0 Å². The molecule has 0 radical (unpaired) electrons. The molecule has 0 aliphatic carbocycles. The molecule has 0 amide bonds. The maximum absolute atomic E-state index is 12.2. The molecule has 9 heteroatoms. The van der Waals surface area contributed by atoms with Gasteiger partial charge in [-0.3, -0.25) is 10.1 Å². The molecule has 5 rings (SSSR count). The van der Waals surface area contributed by atoms with E-state index < -0.39 is 0 Å². The van der Waals surface area contributed by atoms with Crippen LogP contribution in [0.4, 0.5) is 23.0 Å². The minimum absolute atomic E-state index is 0.0459. The average molecular weight is 566 g/mol. The number of para-hydroxylation sites is 1. The summed E-state index contributed by atoms with van der Waals surface area (Å²) in [5.74, 6) is 7.15. The van der Waals surface area contributed by atoms with Gasteiger partial charge in [0.05, 0.1) is 27.4 Å². The summed E-state index contributed by atoms with van der Waals surface area (Å²) in [4.78, 5) is 25.4. The molecule has 4 aromatic rings. The van der Waals surface area contributed by atoms with Crippen LogP contribution in [0.5, 0.6) is 0 Å². The van der Waals surface area contributed by atoms with Gasteiger partial charge in [-0.15, -0.1) is 0 Å². The Kier molecular flexibility index (Phi) is 8.46. The van der Waals surface area contributed by atoms with Gasteiger partial charge in [-0.25, -0.2) is 9.97 Å². The van der Waals surface area contributed by atoms with Gasteiger partial charge in [-0.1, -0.05) is 50.8 Å². The molecular weight excluding hydrogens is 526 g/mol. The monoisotopic (exact) mass is 565 g/mol. The van der Waals surface area contributed by atoms with Crippen molar-refractivity contribution in [1.82, 2.24) is 19.4 Å². The van der Waals surface area contributed by atoms with Crippen molar-refractivity contribution in [2.45, 2.75) is 46.6 Å². The molecule has 0 saturated carbocycles. The van der Waals surface area contributed by atoms with Crippen molar-refractivity contribution >= 4 is 33.9 Å². The Hall–Kier alpha value is -4.42. The van der Waals surface area contributed by atoms with E-state index in [1.54, 1.807) is 12.3 Å². The van der Waals surface area contributed by atoms with Gasteiger partial charge in [0.2, 0.25) is 5.95 Å². The van der Waals surface area contributed by atoms with Crippen LogP contribution in [0.15, 0.2) is 42.7 Å². The molecule has 1 N–H and O–H groups in total. The highest BCUT2D eigenvalue weighted by Crippen LogP contribution is 2.38.